The molecular weight excluding hydrogens is 295 g/mol. The van der Waals surface area contributed by atoms with E-state index < -0.39 is 11.8 Å². The number of hydrogen-bond acceptors (Lipinski definition) is 4. The molecule has 0 unspecified atom stereocenters. The van der Waals surface area contributed by atoms with Crippen LogP contribution in [0.5, 0.6) is 11.5 Å². The molecule has 0 saturated heterocycles. The monoisotopic (exact) mass is 306 g/mol. The summed E-state index contributed by atoms with van der Waals surface area (Å²) in [7, 11) is 0. The Hall–Kier alpha value is -2.21. The maximum absolute atomic E-state index is 13.2. The van der Waals surface area contributed by atoms with Gasteiger partial charge in [0.2, 0.25) is 0 Å². The van der Waals surface area contributed by atoms with Crippen LogP contribution in [-0.2, 0) is 0 Å². The lowest BCUT2D eigenvalue weighted by molar-refractivity contribution is 0.0692. The molecule has 0 bridgehead atoms. The predicted molar refractivity (Wildman–Crippen MR) is 74.9 cm³/mol. The van der Waals surface area contributed by atoms with E-state index in [1.165, 1.54) is 23.9 Å². The lowest BCUT2D eigenvalue weighted by atomic mass is 10.2. The van der Waals surface area contributed by atoms with Crippen LogP contribution in [0.2, 0.25) is 0 Å². The van der Waals surface area contributed by atoms with Gasteiger partial charge in [0, 0.05) is 9.79 Å². The highest BCUT2D eigenvalue weighted by Crippen LogP contribution is 2.37. The van der Waals surface area contributed by atoms with E-state index in [9.17, 15) is 9.18 Å². The molecule has 3 rings (SSSR count). The Kier molecular flexibility index (Phi) is 3.70. The van der Waals surface area contributed by atoms with Crippen LogP contribution in [0.15, 0.2) is 46.2 Å². The molecule has 2 aromatic rings. The van der Waals surface area contributed by atoms with Gasteiger partial charge in [-0.2, -0.15) is 0 Å². The van der Waals surface area contributed by atoms with Gasteiger partial charge in [-0.25, -0.2) is 9.18 Å². The van der Waals surface area contributed by atoms with Gasteiger partial charge in [0.1, 0.15) is 19.0 Å². The topological polar surface area (TPSA) is 55.8 Å². The largest absolute Gasteiger partial charge is 0.486 e. The fourth-order valence-electron chi connectivity index (χ4n) is 1.97. The first-order valence-electron chi connectivity index (χ1n) is 6.24. The summed E-state index contributed by atoms with van der Waals surface area (Å²) in [6, 6.07) is 9.10. The highest BCUT2D eigenvalue weighted by atomic mass is 32.2. The number of carboxylic acid groups (broad SMARTS) is 1. The number of aromatic carboxylic acids is 1. The van der Waals surface area contributed by atoms with E-state index in [0.717, 1.165) is 11.0 Å². The van der Waals surface area contributed by atoms with Gasteiger partial charge < -0.3 is 14.6 Å². The highest BCUT2D eigenvalue weighted by Gasteiger charge is 2.15. The Morgan fingerprint density at radius 2 is 1.86 bits per heavy atom. The van der Waals surface area contributed by atoms with Gasteiger partial charge in [-0.1, -0.05) is 11.8 Å². The second-order valence-electron chi connectivity index (χ2n) is 4.35. The van der Waals surface area contributed by atoms with Crippen LogP contribution in [0.3, 0.4) is 0 Å². The highest BCUT2D eigenvalue weighted by molar-refractivity contribution is 7.99. The Labute approximate surface area is 124 Å². The second kappa shape index (κ2) is 5.65. The van der Waals surface area contributed by atoms with Crippen molar-refractivity contribution in [1.29, 1.82) is 0 Å². The first-order chi connectivity index (χ1) is 10.1. The van der Waals surface area contributed by atoms with E-state index >= 15 is 0 Å². The van der Waals surface area contributed by atoms with Crippen molar-refractivity contribution in [3.8, 4) is 11.5 Å². The van der Waals surface area contributed by atoms with Crippen molar-refractivity contribution < 1.29 is 23.8 Å². The molecule has 0 aromatic heterocycles. The summed E-state index contributed by atoms with van der Waals surface area (Å²) < 4.78 is 24.1. The maximum Gasteiger partial charge on any atom is 0.336 e. The van der Waals surface area contributed by atoms with Crippen LogP contribution >= 0.6 is 11.8 Å². The fourth-order valence-corrected chi connectivity index (χ4v) is 2.92. The molecule has 0 amide bonds. The third kappa shape index (κ3) is 2.95. The molecule has 0 saturated carbocycles. The van der Waals surface area contributed by atoms with Crippen molar-refractivity contribution >= 4 is 17.7 Å². The Bertz CT molecular complexity index is 702. The molecule has 0 spiro atoms. The standard InChI is InChI=1S/C15H11FO4S/c16-9-1-4-14(11(7-9)15(17)18)21-10-2-3-12-13(8-10)20-6-5-19-12/h1-4,7-8H,5-6H2,(H,17,18). The third-order valence-corrected chi connectivity index (χ3v) is 3.98. The number of hydrogen-bond donors (Lipinski definition) is 1. The summed E-state index contributed by atoms with van der Waals surface area (Å²) in [5.41, 5.74) is -0.0603. The molecule has 0 radical (unpaired) electrons. The summed E-state index contributed by atoms with van der Waals surface area (Å²) in [6.07, 6.45) is 0. The van der Waals surface area contributed by atoms with Gasteiger partial charge in [-0.05, 0) is 36.4 Å². The number of fused-ring (bicyclic) bond motifs is 1. The molecule has 2 aromatic carbocycles. The quantitative estimate of drug-likeness (QED) is 0.941. The van der Waals surface area contributed by atoms with Crippen LogP contribution in [0.25, 0.3) is 0 Å². The molecule has 0 atom stereocenters. The number of ether oxygens (including phenoxy) is 2. The van der Waals surface area contributed by atoms with Gasteiger partial charge in [-0.15, -0.1) is 0 Å². The zero-order valence-corrected chi connectivity index (χ0v) is 11.7. The lowest BCUT2D eigenvalue weighted by Gasteiger charge is -2.18. The lowest BCUT2D eigenvalue weighted by Crippen LogP contribution is -2.15. The van der Waals surface area contributed by atoms with E-state index in [0.29, 0.717) is 29.6 Å². The van der Waals surface area contributed by atoms with Gasteiger partial charge in [-0.3, -0.25) is 0 Å². The summed E-state index contributed by atoms with van der Waals surface area (Å²) >= 11 is 1.24. The van der Waals surface area contributed by atoms with Crippen molar-refractivity contribution in [2.45, 2.75) is 9.79 Å². The molecule has 6 heteroatoms. The first kappa shape index (κ1) is 13.8. The van der Waals surface area contributed by atoms with Gasteiger partial charge in [0.25, 0.3) is 0 Å². The van der Waals surface area contributed by atoms with E-state index in [-0.39, 0.29) is 5.56 Å². The van der Waals surface area contributed by atoms with Crippen molar-refractivity contribution in [2.24, 2.45) is 0 Å². The molecule has 4 nitrogen and oxygen atoms in total. The zero-order valence-electron chi connectivity index (χ0n) is 10.8. The average molecular weight is 306 g/mol. The number of carboxylic acids is 1. The average Bonchev–Trinajstić information content (AvgIpc) is 2.49. The predicted octanol–water partition coefficient (Wildman–Crippen LogP) is 3.45. The summed E-state index contributed by atoms with van der Waals surface area (Å²) in [4.78, 5) is 12.4. The van der Waals surface area contributed by atoms with Crippen LogP contribution < -0.4 is 9.47 Å². The molecule has 0 aliphatic carbocycles. The molecule has 21 heavy (non-hydrogen) atoms. The summed E-state index contributed by atoms with van der Waals surface area (Å²) in [5, 5.41) is 9.14. The molecule has 1 N–H and O–H groups in total. The summed E-state index contributed by atoms with van der Waals surface area (Å²) in [5.74, 6) is -0.429. The van der Waals surface area contributed by atoms with Crippen LogP contribution in [0.1, 0.15) is 10.4 Å². The maximum atomic E-state index is 13.2. The minimum atomic E-state index is -1.16. The molecule has 1 aliphatic heterocycles. The molecule has 1 heterocycles. The van der Waals surface area contributed by atoms with Gasteiger partial charge >= 0.3 is 5.97 Å². The molecule has 0 fully saturated rings. The minimum absolute atomic E-state index is 0.0603. The third-order valence-electron chi connectivity index (χ3n) is 2.91. The Balaban J connectivity index is 1.92. The van der Waals surface area contributed by atoms with Crippen molar-refractivity contribution in [2.75, 3.05) is 13.2 Å². The van der Waals surface area contributed by atoms with Crippen molar-refractivity contribution in [3.05, 3.63) is 47.8 Å². The second-order valence-corrected chi connectivity index (χ2v) is 5.47. The van der Waals surface area contributed by atoms with E-state index in [4.69, 9.17) is 14.6 Å². The Morgan fingerprint density at radius 1 is 1.10 bits per heavy atom. The number of benzene rings is 2. The zero-order chi connectivity index (χ0) is 14.8. The molecule has 1 aliphatic rings. The van der Waals surface area contributed by atoms with Crippen LogP contribution in [-0.4, -0.2) is 24.3 Å². The van der Waals surface area contributed by atoms with Gasteiger partial charge in [0.15, 0.2) is 11.5 Å². The minimum Gasteiger partial charge on any atom is -0.486 e. The van der Waals surface area contributed by atoms with Gasteiger partial charge in [0.05, 0.1) is 5.56 Å². The molecule has 108 valence electrons. The SMILES string of the molecule is O=C(O)c1cc(F)ccc1Sc1ccc2c(c1)OCCO2. The first-order valence-corrected chi connectivity index (χ1v) is 7.05. The van der Waals surface area contributed by atoms with Crippen molar-refractivity contribution in [1.82, 2.24) is 0 Å². The fraction of sp³-hybridized carbons (Fsp3) is 0.133. The Morgan fingerprint density at radius 3 is 2.62 bits per heavy atom. The van der Waals surface area contributed by atoms with E-state index in [1.807, 2.05) is 6.07 Å². The van der Waals surface area contributed by atoms with Crippen LogP contribution in [0, 0.1) is 5.82 Å². The number of carbonyl (C=O) groups is 1. The normalized spacial score (nSPS) is 13.0. The van der Waals surface area contributed by atoms with Crippen LogP contribution in [0.4, 0.5) is 4.39 Å². The number of halogens is 1. The number of rotatable bonds is 3. The summed E-state index contributed by atoms with van der Waals surface area (Å²) in [6.45, 7) is 0.999. The molecular formula is C15H11FO4S. The van der Waals surface area contributed by atoms with E-state index in [1.54, 1.807) is 12.1 Å². The van der Waals surface area contributed by atoms with E-state index in [2.05, 4.69) is 0 Å². The smallest absolute Gasteiger partial charge is 0.336 e. The van der Waals surface area contributed by atoms with Crippen molar-refractivity contribution in [3.63, 3.8) is 0 Å².